The van der Waals surface area contributed by atoms with Crippen molar-refractivity contribution in [2.24, 2.45) is 11.7 Å². The Morgan fingerprint density at radius 2 is 2.21 bits per heavy atom. The van der Waals surface area contributed by atoms with E-state index in [1.54, 1.807) is 6.20 Å². The predicted molar refractivity (Wildman–Crippen MR) is 69.3 cm³/mol. The Hall–Kier alpha value is -1.89. The van der Waals surface area contributed by atoms with Crippen LogP contribution in [0.2, 0.25) is 0 Å². The molecule has 0 aromatic carbocycles. The molecule has 0 fully saturated rings. The molecule has 7 heteroatoms. The summed E-state index contributed by atoms with van der Waals surface area (Å²) in [5.74, 6) is -1.34. The molecule has 0 aliphatic heterocycles. The van der Waals surface area contributed by atoms with E-state index >= 15 is 0 Å². The van der Waals surface area contributed by atoms with Gasteiger partial charge in [0.25, 0.3) is 0 Å². The summed E-state index contributed by atoms with van der Waals surface area (Å²) in [6.45, 7) is 3.79. The minimum absolute atomic E-state index is 0.172. The zero-order valence-corrected chi connectivity index (χ0v) is 11.1. The lowest BCUT2D eigenvalue weighted by molar-refractivity contribution is -0.142. The molecule has 1 rings (SSSR count). The molecule has 2 atom stereocenters. The third-order valence-corrected chi connectivity index (χ3v) is 2.65. The first-order chi connectivity index (χ1) is 8.90. The molecule has 5 N–H and O–H groups in total. The summed E-state index contributed by atoms with van der Waals surface area (Å²) < 4.78 is 0. The fourth-order valence-electron chi connectivity index (χ4n) is 1.70. The summed E-state index contributed by atoms with van der Waals surface area (Å²) in [6.07, 6.45) is 3.74. The van der Waals surface area contributed by atoms with Gasteiger partial charge in [-0.1, -0.05) is 13.8 Å². The molecule has 1 aromatic heterocycles. The number of nitrogens with one attached hydrogen (secondary N) is 2. The minimum atomic E-state index is -1.05. The van der Waals surface area contributed by atoms with E-state index in [2.05, 4.69) is 15.3 Å². The maximum Gasteiger partial charge on any atom is 0.326 e. The van der Waals surface area contributed by atoms with Gasteiger partial charge in [0.15, 0.2) is 0 Å². The second kappa shape index (κ2) is 6.89. The smallest absolute Gasteiger partial charge is 0.326 e. The number of rotatable bonds is 7. The number of carboxylic acids is 1. The molecular weight excluding hydrogens is 248 g/mol. The molecule has 1 amide bonds. The Balaban J connectivity index is 2.53. The van der Waals surface area contributed by atoms with E-state index in [9.17, 15) is 9.59 Å². The third-order valence-electron chi connectivity index (χ3n) is 2.65. The van der Waals surface area contributed by atoms with Crippen LogP contribution in [0, 0.1) is 5.92 Å². The number of hydrogen-bond donors (Lipinski definition) is 4. The molecule has 0 aliphatic carbocycles. The third kappa shape index (κ3) is 5.09. The number of aromatic amines is 1. The van der Waals surface area contributed by atoms with Crippen molar-refractivity contribution in [3.8, 4) is 0 Å². The molecule has 0 radical (unpaired) electrons. The van der Waals surface area contributed by atoms with Crippen LogP contribution in [0.3, 0.4) is 0 Å². The van der Waals surface area contributed by atoms with Gasteiger partial charge < -0.3 is 21.1 Å². The first kappa shape index (κ1) is 15.2. The first-order valence-corrected chi connectivity index (χ1v) is 6.16. The highest BCUT2D eigenvalue weighted by molar-refractivity contribution is 5.86. The van der Waals surface area contributed by atoms with Crippen molar-refractivity contribution in [2.45, 2.75) is 38.8 Å². The van der Waals surface area contributed by atoms with Gasteiger partial charge in [-0.3, -0.25) is 4.79 Å². The fourth-order valence-corrected chi connectivity index (χ4v) is 1.70. The molecule has 106 valence electrons. The molecule has 0 spiro atoms. The SMILES string of the molecule is CC(C)C[C@@H](NC(=O)[C@@H](N)Cc1cnc[nH]1)C(=O)O. The molecule has 19 heavy (non-hydrogen) atoms. The van der Waals surface area contributed by atoms with Gasteiger partial charge in [0.05, 0.1) is 12.4 Å². The number of nitrogens with two attached hydrogens (primary N) is 1. The van der Waals surface area contributed by atoms with Gasteiger partial charge >= 0.3 is 5.97 Å². The summed E-state index contributed by atoms with van der Waals surface area (Å²) in [5, 5.41) is 11.5. The Labute approximate surface area is 111 Å². The van der Waals surface area contributed by atoms with E-state index < -0.39 is 24.0 Å². The number of aliphatic carboxylic acids is 1. The largest absolute Gasteiger partial charge is 0.480 e. The van der Waals surface area contributed by atoms with Crippen LogP contribution in [-0.2, 0) is 16.0 Å². The van der Waals surface area contributed by atoms with Crippen LogP contribution in [0.15, 0.2) is 12.5 Å². The van der Waals surface area contributed by atoms with Crippen molar-refractivity contribution in [3.63, 3.8) is 0 Å². The van der Waals surface area contributed by atoms with Gasteiger partial charge in [-0.25, -0.2) is 9.78 Å². The number of carbonyl (C=O) groups excluding carboxylic acids is 1. The van der Waals surface area contributed by atoms with Gasteiger partial charge in [-0.05, 0) is 12.3 Å². The monoisotopic (exact) mass is 268 g/mol. The molecule has 0 saturated carbocycles. The molecule has 7 nitrogen and oxygen atoms in total. The van der Waals surface area contributed by atoms with Crippen molar-refractivity contribution in [1.29, 1.82) is 0 Å². The van der Waals surface area contributed by atoms with Crippen molar-refractivity contribution in [3.05, 3.63) is 18.2 Å². The van der Waals surface area contributed by atoms with Crippen LogP contribution >= 0.6 is 0 Å². The van der Waals surface area contributed by atoms with Crippen LogP contribution in [0.1, 0.15) is 26.0 Å². The van der Waals surface area contributed by atoms with Gasteiger partial charge in [0.2, 0.25) is 5.91 Å². The van der Waals surface area contributed by atoms with E-state index in [-0.39, 0.29) is 5.92 Å². The van der Waals surface area contributed by atoms with Crippen molar-refractivity contribution >= 4 is 11.9 Å². The van der Waals surface area contributed by atoms with E-state index in [0.29, 0.717) is 12.8 Å². The maximum atomic E-state index is 11.8. The van der Waals surface area contributed by atoms with Crippen molar-refractivity contribution in [1.82, 2.24) is 15.3 Å². The molecule has 0 aliphatic rings. The van der Waals surface area contributed by atoms with E-state index in [1.165, 1.54) is 6.33 Å². The van der Waals surface area contributed by atoms with E-state index in [1.807, 2.05) is 13.8 Å². The summed E-state index contributed by atoms with van der Waals surface area (Å²) in [5.41, 5.74) is 6.47. The number of carbonyl (C=O) groups is 2. The number of carboxylic acid groups (broad SMARTS) is 1. The van der Waals surface area contributed by atoms with Crippen molar-refractivity contribution in [2.75, 3.05) is 0 Å². The standard InChI is InChI=1S/C12H20N4O3/c1-7(2)3-10(12(18)19)16-11(17)9(13)4-8-5-14-6-15-8/h5-7,9-10H,3-4,13H2,1-2H3,(H,14,15)(H,16,17)(H,18,19)/t9-,10+/m0/s1. The lowest BCUT2D eigenvalue weighted by Gasteiger charge is -2.19. The van der Waals surface area contributed by atoms with Crippen LogP contribution < -0.4 is 11.1 Å². The number of hydrogen-bond acceptors (Lipinski definition) is 4. The maximum absolute atomic E-state index is 11.8. The van der Waals surface area contributed by atoms with Gasteiger partial charge in [-0.2, -0.15) is 0 Å². The zero-order chi connectivity index (χ0) is 14.4. The van der Waals surface area contributed by atoms with Crippen LogP contribution in [0.4, 0.5) is 0 Å². The van der Waals surface area contributed by atoms with Crippen LogP contribution in [0.25, 0.3) is 0 Å². The summed E-state index contributed by atoms with van der Waals surface area (Å²) >= 11 is 0. The minimum Gasteiger partial charge on any atom is -0.480 e. The second-order valence-electron chi connectivity index (χ2n) is 4.92. The molecular formula is C12H20N4O3. The molecule has 1 heterocycles. The quantitative estimate of drug-likeness (QED) is 0.550. The van der Waals surface area contributed by atoms with E-state index in [0.717, 1.165) is 5.69 Å². The Morgan fingerprint density at radius 3 is 2.68 bits per heavy atom. The normalized spacial score (nSPS) is 14.1. The van der Waals surface area contributed by atoms with Crippen LogP contribution in [-0.4, -0.2) is 39.0 Å². The first-order valence-electron chi connectivity index (χ1n) is 6.16. The lowest BCUT2D eigenvalue weighted by Crippen LogP contribution is -2.49. The molecule has 0 unspecified atom stereocenters. The number of H-pyrrole nitrogens is 1. The second-order valence-corrected chi connectivity index (χ2v) is 4.92. The number of imidazole rings is 1. The zero-order valence-electron chi connectivity index (χ0n) is 11.1. The summed E-state index contributed by atoms with van der Waals surface area (Å²) in [6, 6.07) is -1.70. The highest BCUT2D eigenvalue weighted by Crippen LogP contribution is 2.05. The predicted octanol–water partition coefficient (Wildman–Crippen LogP) is -0.105. The fraction of sp³-hybridized carbons (Fsp3) is 0.583. The Bertz CT molecular complexity index is 417. The highest BCUT2D eigenvalue weighted by atomic mass is 16.4. The Morgan fingerprint density at radius 1 is 1.53 bits per heavy atom. The molecule has 0 bridgehead atoms. The molecule has 0 saturated heterocycles. The van der Waals surface area contributed by atoms with Gasteiger partial charge in [0, 0.05) is 18.3 Å². The number of aromatic nitrogens is 2. The Kier molecular flexibility index (Phi) is 5.50. The topological polar surface area (TPSA) is 121 Å². The van der Waals surface area contributed by atoms with Gasteiger partial charge in [0.1, 0.15) is 6.04 Å². The summed E-state index contributed by atoms with van der Waals surface area (Å²) in [7, 11) is 0. The van der Waals surface area contributed by atoms with Crippen molar-refractivity contribution < 1.29 is 14.7 Å². The lowest BCUT2D eigenvalue weighted by atomic mass is 10.0. The van der Waals surface area contributed by atoms with E-state index in [4.69, 9.17) is 10.8 Å². The van der Waals surface area contributed by atoms with Gasteiger partial charge in [-0.15, -0.1) is 0 Å². The summed E-state index contributed by atoms with van der Waals surface area (Å²) in [4.78, 5) is 29.5. The average molecular weight is 268 g/mol. The number of amides is 1. The van der Waals surface area contributed by atoms with Crippen LogP contribution in [0.5, 0.6) is 0 Å². The number of nitrogens with zero attached hydrogens (tertiary/aromatic N) is 1. The molecule has 1 aromatic rings. The highest BCUT2D eigenvalue weighted by Gasteiger charge is 2.24. The average Bonchev–Trinajstić information content (AvgIpc) is 2.79.